The molecule has 1 saturated heterocycles. The van der Waals surface area contributed by atoms with E-state index in [0.717, 1.165) is 32.6 Å². The van der Waals surface area contributed by atoms with Crippen LogP contribution in [-0.4, -0.2) is 45.2 Å². The fourth-order valence-electron chi connectivity index (χ4n) is 4.86. The van der Waals surface area contributed by atoms with Crippen LogP contribution >= 0.6 is 11.6 Å². The number of benzene rings is 2. The van der Waals surface area contributed by atoms with Gasteiger partial charge in [0.2, 0.25) is 5.91 Å². The molecule has 3 heterocycles. The normalized spacial score (nSPS) is 21.0. The molecule has 8 heteroatoms. The van der Waals surface area contributed by atoms with Crippen molar-refractivity contribution in [2.45, 2.75) is 38.4 Å². The Balaban J connectivity index is 1.42. The molecule has 32 heavy (non-hydrogen) atoms. The Hall–Kier alpha value is -3.32. The number of rotatable bonds is 4. The highest BCUT2D eigenvalue weighted by Crippen LogP contribution is 2.44. The van der Waals surface area contributed by atoms with Gasteiger partial charge < -0.3 is 15.2 Å². The van der Waals surface area contributed by atoms with Crippen LogP contribution in [0, 0.1) is 0 Å². The van der Waals surface area contributed by atoms with Crippen molar-refractivity contribution < 1.29 is 14.4 Å². The number of halogens is 1. The van der Waals surface area contributed by atoms with Crippen molar-refractivity contribution in [1.29, 1.82) is 0 Å². The zero-order valence-corrected chi connectivity index (χ0v) is 18.6. The fourth-order valence-corrected chi connectivity index (χ4v) is 5.07. The number of nitrogens with one attached hydrogen (secondary N) is 2. The Bertz CT molecular complexity index is 1270. The summed E-state index contributed by atoms with van der Waals surface area (Å²) in [5.41, 5.74) is 2.40. The van der Waals surface area contributed by atoms with Crippen molar-refractivity contribution in [3.63, 3.8) is 0 Å². The Morgan fingerprint density at radius 2 is 2.00 bits per heavy atom. The van der Waals surface area contributed by atoms with Gasteiger partial charge in [0.25, 0.3) is 5.91 Å². The molecule has 0 spiro atoms. The van der Waals surface area contributed by atoms with Crippen LogP contribution in [0.15, 0.2) is 48.5 Å². The number of hydrogen-bond donors (Lipinski definition) is 2. The quantitative estimate of drug-likeness (QED) is 0.596. The van der Waals surface area contributed by atoms with Crippen LogP contribution in [0.1, 0.15) is 30.7 Å². The third kappa shape index (κ3) is 2.92. The Labute approximate surface area is 190 Å². The van der Waals surface area contributed by atoms with Crippen molar-refractivity contribution in [3.05, 3.63) is 70.4 Å². The molecule has 0 radical (unpaired) electrons. The van der Waals surface area contributed by atoms with Gasteiger partial charge in [-0.2, -0.15) is 0 Å². The molecule has 164 valence electrons. The molecule has 5 rings (SSSR count). The van der Waals surface area contributed by atoms with Gasteiger partial charge in [-0.25, -0.2) is 9.69 Å². The van der Waals surface area contributed by atoms with Crippen LogP contribution < -0.4 is 5.32 Å². The van der Waals surface area contributed by atoms with Gasteiger partial charge >= 0.3 is 6.03 Å². The molecule has 2 atom stereocenters. The first-order chi connectivity index (χ1) is 15.3. The summed E-state index contributed by atoms with van der Waals surface area (Å²) in [7, 11) is 0. The molecule has 7 nitrogen and oxygen atoms in total. The highest BCUT2D eigenvalue weighted by molar-refractivity contribution is 6.30. The van der Waals surface area contributed by atoms with Gasteiger partial charge in [0.15, 0.2) is 5.54 Å². The minimum Gasteiger partial charge on any atom is -0.356 e. The summed E-state index contributed by atoms with van der Waals surface area (Å²) in [5, 5.41) is 4.45. The molecular weight excluding hydrogens is 428 g/mol. The Kier molecular flexibility index (Phi) is 4.74. The lowest BCUT2D eigenvalue weighted by atomic mass is 9.87. The monoisotopic (exact) mass is 450 g/mol. The van der Waals surface area contributed by atoms with E-state index in [9.17, 15) is 14.4 Å². The van der Waals surface area contributed by atoms with Crippen LogP contribution in [0.3, 0.4) is 0 Å². The second-order valence-corrected chi connectivity index (χ2v) is 8.92. The number of aromatic nitrogens is 1. The highest BCUT2D eigenvalue weighted by Gasteiger charge is 2.60. The minimum absolute atomic E-state index is 0.257. The van der Waals surface area contributed by atoms with E-state index in [2.05, 4.69) is 10.3 Å². The molecule has 0 unspecified atom stereocenters. The summed E-state index contributed by atoms with van der Waals surface area (Å²) in [4.78, 5) is 45.8. The molecule has 1 aromatic heterocycles. The van der Waals surface area contributed by atoms with E-state index in [1.807, 2.05) is 30.3 Å². The molecular formula is C24H23ClN4O3. The first kappa shape index (κ1) is 20.6. The number of carbonyl (C=O) groups excluding carboxylic acids is 3. The topological polar surface area (TPSA) is 85.5 Å². The van der Waals surface area contributed by atoms with Crippen LogP contribution in [0.25, 0.3) is 10.9 Å². The zero-order chi connectivity index (χ0) is 22.6. The molecule has 0 aliphatic carbocycles. The minimum atomic E-state index is -1.16. The predicted octanol–water partition coefficient (Wildman–Crippen LogP) is 3.56. The Morgan fingerprint density at radius 3 is 2.78 bits per heavy atom. The van der Waals surface area contributed by atoms with Gasteiger partial charge in [-0.1, -0.05) is 41.9 Å². The lowest BCUT2D eigenvalue weighted by Gasteiger charge is -2.36. The summed E-state index contributed by atoms with van der Waals surface area (Å²) >= 11 is 6.00. The maximum Gasteiger partial charge on any atom is 0.328 e. The van der Waals surface area contributed by atoms with Crippen LogP contribution in [0.2, 0.25) is 5.02 Å². The van der Waals surface area contributed by atoms with Crippen molar-refractivity contribution in [3.8, 4) is 0 Å². The van der Waals surface area contributed by atoms with E-state index in [1.165, 1.54) is 0 Å². The second kappa shape index (κ2) is 7.38. The number of para-hydroxylation sites is 1. The average Bonchev–Trinajstić information content (AvgIpc) is 3.26. The molecule has 0 bridgehead atoms. The summed E-state index contributed by atoms with van der Waals surface area (Å²) < 4.78 is 0. The lowest BCUT2D eigenvalue weighted by Crippen LogP contribution is -2.49. The molecule has 0 saturated carbocycles. The van der Waals surface area contributed by atoms with Crippen molar-refractivity contribution in [2.75, 3.05) is 6.54 Å². The van der Waals surface area contributed by atoms with Crippen molar-refractivity contribution in [1.82, 2.24) is 20.1 Å². The number of amides is 4. The van der Waals surface area contributed by atoms with E-state index < -0.39 is 23.5 Å². The van der Waals surface area contributed by atoms with E-state index >= 15 is 0 Å². The van der Waals surface area contributed by atoms with Gasteiger partial charge in [-0.05, 0) is 49.6 Å². The first-order valence-corrected chi connectivity index (χ1v) is 11.0. The number of H-pyrrole nitrogens is 1. The SMILES string of the molecule is C[C@@H](C(=O)NCc1cccc(Cl)c1)N1C(=O)N2CCc3c([nH]c4ccccc34)[C@@]2(C)C1=O. The molecule has 3 aromatic rings. The van der Waals surface area contributed by atoms with E-state index in [1.54, 1.807) is 36.9 Å². The van der Waals surface area contributed by atoms with Crippen molar-refractivity contribution >= 4 is 40.3 Å². The summed E-state index contributed by atoms with van der Waals surface area (Å²) in [6.07, 6.45) is 0.650. The van der Waals surface area contributed by atoms with Crippen molar-refractivity contribution in [2.24, 2.45) is 0 Å². The molecule has 2 aromatic carbocycles. The number of imide groups is 1. The summed E-state index contributed by atoms with van der Waals surface area (Å²) in [6, 6.07) is 13.7. The van der Waals surface area contributed by atoms with Crippen LogP contribution in [0.4, 0.5) is 4.79 Å². The zero-order valence-electron chi connectivity index (χ0n) is 17.8. The number of nitrogens with zero attached hydrogens (tertiary/aromatic N) is 2. The second-order valence-electron chi connectivity index (χ2n) is 8.48. The van der Waals surface area contributed by atoms with Gasteiger partial charge in [0, 0.05) is 29.0 Å². The Morgan fingerprint density at radius 1 is 1.22 bits per heavy atom. The number of hydrogen-bond acceptors (Lipinski definition) is 3. The highest BCUT2D eigenvalue weighted by atomic mass is 35.5. The predicted molar refractivity (Wildman–Crippen MR) is 121 cm³/mol. The molecule has 2 aliphatic rings. The molecule has 4 amide bonds. The molecule has 1 fully saturated rings. The maximum absolute atomic E-state index is 13.6. The molecule has 2 aliphatic heterocycles. The van der Waals surface area contributed by atoms with E-state index in [0.29, 0.717) is 18.0 Å². The number of urea groups is 1. The van der Waals surface area contributed by atoms with Gasteiger partial charge in [0.1, 0.15) is 6.04 Å². The molecule has 2 N–H and O–H groups in total. The summed E-state index contributed by atoms with van der Waals surface area (Å²) in [6.45, 7) is 4.02. The fraction of sp³-hybridized carbons (Fsp3) is 0.292. The third-order valence-electron chi connectivity index (χ3n) is 6.62. The van der Waals surface area contributed by atoms with Gasteiger partial charge in [0.05, 0.1) is 5.69 Å². The maximum atomic E-state index is 13.6. The van der Waals surface area contributed by atoms with Crippen LogP contribution in [-0.2, 0) is 28.1 Å². The largest absolute Gasteiger partial charge is 0.356 e. The smallest absolute Gasteiger partial charge is 0.328 e. The van der Waals surface area contributed by atoms with Gasteiger partial charge in [-0.3, -0.25) is 9.59 Å². The third-order valence-corrected chi connectivity index (χ3v) is 6.86. The summed E-state index contributed by atoms with van der Waals surface area (Å²) in [5.74, 6) is -0.785. The standard InChI is InChI=1S/C24H23ClN4O3/c1-14(21(30)26-13-15-6-5-7-16(25)12-15)29-22(31)24(2)20-18(10-11-28(24)23(29)32)17-8-3-4-9-19(17)27-20/h3-9,12,14,27H,10-11,13H2,1-2H3,(H,26,30)/t14-,24-/m0/s1. The number of carbonyl (C=O) groups is 3. The van der Waals surface area contributed by atoms with E-state index in [-0.39, 0.29) is 12.5 Å². The number of aromatic amines is 1. The van der Waals surface area contributed by atoms with E-state index in [4.69, 9.17) is 11.6 Å². The number of fused-ring (bicyclic) bond motifs is 5. The lowest BCUT2D eigenvalue weighted by molar-refractivity contribution is -0.139. The average molecular weight is 451 g/mol. The van der Waals surface area contributed by atoms with Crippen LogP contribution in [0.5, 0.6) is 0 Å². The first-order valence-electron chi connectivity index (χ1n) is 10.6. The van der Waals surface area contributed by atoms with Gasteiger partial charge in [-0.15, -0.1) is 0 Å².